The lowest BCUT2D eigenvalue weighted by atomic mass is 10.1. The summed E-state index contributed by atoms with van der Waals surface area (Å²) >= 11 is 1.22. The molecule has 27 heavy (non-hydrogen) atoms. The Hall–Kier alpha value is -2.60. The molecular formula is C21H24N4OS. The van der Waals surface area contributed by atoms with Crippen molar-refractivity contribution in [2.75, 3.05) is 36.0 Å². The van der Waals surface area contributed by atoms with Gasteiger partial charge < -0.3 is 14.5 Å². The zero-order valence-electron chi connectivity index (χ0n) is 15.8. The number of rotatable bonds is 5. The van der Waals surface area contributed by atoms with E-state index in [9.17, 15) is 0 Å². The number of ether oxygens (including phenoxy) is 1. The Labute approximate surface area is 164 Å². The number of nitrogens with zero attached hydrogens (tertiary/aromatic N) is 4. The van der Waals surface area contributed by atoms with Crippen molar-refractivity contribution in [1.82, 2.24) is 8.75 Å². The standard InChI is InChI=1S/C21H24N4OS/c1-16-8-9-17(2)18(14-16)15-26-21-20(22-27-23-21)25-12-10-24(11-13-25)19-6-4-3-5-7-19/h3-9,14H,10-13,15H2,1-2H3. The van der Waals surface area contributed by atoms with Crippen LogP contribution in [0, 0.1) is 13.8 Å². The maximum Gasteiger partial charge on any atom is 0.271 e. The first-order valence-corrected chi connectivity index (χ1v) is 10.00. The third-order valence-corrected chi connectivity index (χ3v) is 5.51. The van der Waals surface area contributed by atoms with E-state index < -0.39 is 0 Å². The first-order valence-electron chi connectivity index (χ1n) is 9.27. The summed E-state index contributed by atoms with van der Waals surface area (Å²) in [6.45, 7) is 8.51. The maximum atomic E-state index is 6.05. The van der Waals surface area contributed by atoms with Crippen LogP contribution in [-0.4, -0.2) is 34.9 Å². The molecule has 1 aromatic heterocycles. The van der Waals surface area contributed by atoms with Gasteiger partial charge in [0.2, 0.25) is 5.82 Å². The van der Waals surface area contributed by atoms with E-state index in [1.807, 2.05) is 0 Å². The summed E-state index contributed by atoms with van der Waals surface area (Å²) in [7, 11) is 0. The SMILES string of the molecule is Cc1ccc(C)c(COc2nsnc2N2CCN(c3ccccc3)CC2)c1. The van der Waals surface area contributed by atoms with Crippen LogP contribution in [0.5, 0.6) is 5.88 Å². The van der Waals surface area contributed by atoms with Crippen LogP contribution >= 0.6 is 11.7 Å². The second kappa shape index (κ2) is 7.96. The van der Waals surface area contributed by atoms with Gasteiger partial charge in [-0.15, -0.1) is 4.37 Å². The van der Waals surface area contributed by atoms with Crippen LogP contribution in [0.1, 0.15) is 16.7 Å². The van der Waals surface area contributed by atoms with Gasteiger partial charge in [0.05, 0.1) is 11.7 Å². The van der Waals surface area contributed by atoms with E-state index in [1.165, 1.54) is 34.1 Å². The maximum absolute atomic E-state index is 6.05. The van der Waals surface area contributed by atoms with Gasteiger partial charge in [0.1, 0.15) is 6.61 Å². The molecule has 1 aliphatic rings. The highest BCUT2D eigenvalue weighted by atomic mass is 32.1. The molecule has 0 atom stereocenters. The van der Waals surface area contributed by atoms with Gasteiger partial charge >= 0.3 is 0 Å². The number of anilines is 2. The third-order valence-electron chi connectivity index (χ3n) is 5.01. The zero-order chi connectivity index (χ0) is 18.6. The molecule has 3 aromatic rings. The lowest BCUT2D eigenvalue weighted by Gasteiger charge is -2.36. The highest BCUT2D eigenvalue weighted by molar-refractivity contribution is 6.99. The fourth-order valence-electron chi connectivity index (χ4n) is 3.38. The van der Waals surface area contributed by atoms with Crippen molar-refractivity contribution in [3.63, 3.8) is 0 Å². The fourth-order valence-corrected chi connectivity index (χ4v) is 3.90. The van der Waals surface area contributed by atoms with Gasteiger partial charge in [-0.3, -0.25) is 0 Å². The average Bonchev–Trinajstić information content (AvgIpc) is 3.18. The molecule has 5 nitrogen and oxygen atoms in total. The molecule has 1 aliphatic heterocycles. The molecule has 1 saturated heterocycles. The largest absolute Gasteiger partial charge is 0.470 e. The van der Waals surface area contributed by atoms with Crippen LogP contribution in [0.2, 0.25) is 0 Å². The number of hydrogen-bond donors (Lipinski definition) is 0. The molecule has 0 N–H and O–H groups in total. The lowest BCUT2D eigenvalue weighted by molar-refractivity contribution is 0.296. The second-order valence-electron chi connectivity index (χ2n) is 6.92. The molecule has 0 radical (unpaired) electrons. The number of para-hydroxylation sites is 1. The number of piperazine rings is 1. The van der Waals surface area contributed by atoms with Crippen LogP contribution in [0.25, 0.3) is 0 Å². The summed E-state index contributed by atoms with van der Waals surface area (Å²) in [6, 6.07) is 17.0. The molecule has 0 unspecified atom stereocenters. The van der Waals surface area contributed by atoms with Crippen molar-refractivity contribution in [1.29, 1.82) is 0 Å². The number of aromatic nitrogens is 2. The summed E-state index contributed by atoms with van der Waals surface area (Å²) in [6.07, 6.45) is 0. The van der Waals surface area contributed by atoms with Crippen molar-refractivity contribution in [2.24, 2.45) is 0 Å². The molecule has 0 bridgehead atoms. The summed E-state index contributed by atoms with van der Waals surface area (Å²) in [5, 5.41) is 0. The molecule has 4 rings (SSSR count). The average molecular weight is 381 g/mol. The molecule has 0 spiro atoms. The Morgan fingerprint density at radius 1 is 0.926 bits per heavy atom. The van der Waals surface area contributed by atoms with Crippen LogP contribution in [0.4, 0.5) is 11.5 Å². The van der Waals surface area contributed by atoms with Gasteiger partial charge in [-0.05, 0) is 37.1 Å². The number of aryl methyl sites for hydroxylation is 2. The normalized spacial score (nSPS) is 14.4. The van der Waals surface area contributed by atoms with Crippen molar-refractivity contribution < 1.29 is 4.74 Å². The molecular weight excluding hydrogens is 356 g/mol. The first kappa shape index (κ1) is 17.8. The minimum Gasteiger partial charge on any atom is -0.470 e. The highest BCUT2D eigenvalue weighted by Gasteiger charge is 2.23. The molecule has 0 amide bonds. The van der Waals surface area contributed by atoms with Crippen molar-refractivity contribution in [3.05, 3.63) is 65.2 Å². The molecule has 2 aromatic carbocycles. The number of benzene rings is 2. The summed E-state index contributed by atoms with van der Waals surface area (Å²) < 4.78 is 14.9. The van der Waals surface area contributed by atoms with E-state index in [4.69, 9.17) is 4.74 Å². The van der Waals surface area contributed by atoms with Crippen LogP contribution < -0.4 is 14.5 Å². The van der Waals surface area contributed by atoms with Gasteiger partial charge in [-0.1, -0.05) is 42.0 Å². The number of hydrogen-bond acceptors (Lipinski definition) is 6. The molecule has 0 saturated carbocycles. The van der Waals surface area contributed by atoms with Gasteiger partial charge in [0.25, 0.3) is 5.88 Å². The summed E-state index contributed by atoms with van der Waals surface area (Å²) in [4.78, 5) is 4.69. The van der Waals surface area contributed by atoms with Crippen molar-refractivity contribution >= 4 is 23.2 Å². The molecule has 6 heteroatoms. The molecule has 1 fully saturated rings. The fraction of sp³-hybridized carbons (Fsp3) is 0.333. The molecule has 0 aliphatic carbocycles. The van der Waals surface area contributed by atoms with E-state index in [-0.39, 0.29) is 0 Å². The van der Waals surface area contributed by atoms with Gasteiger partial charge in [-0.25, -0.2) is 0 Å². The van der Waals surface area contributed by atoms with E-state index in [2.05, 4.69) is 80.9 Å². The van der Waals surface area contributed by atoms with E-state index >= 15 is 0 Å². The molecule has 140 valence electrons. The van der Waals surface area contributed by atoms with E-state index in [0.29, 0.717) is 12.5 Å². The summed E-state index contributed by atoms with van der Waals surface area (Å²) in [5.74, 6) is 1.52. The van der Waals surface area contributed by atoms with Crippen LogP contribution in [0.15, 0.2) is 48.5 Å². The second-order valence-corrected chi connectivity index (χ2v) is 7.45. The van der Waals surface area contributed by atoms with Gasteiger partial charge in [-0.2, -0.15) is 4.37 Å². The Morgan fingerprint density at radius 3 is 2.44 bits per heavy atom. The van der Waals surface area contributed by atoms with E-state index in [1.54, 1.807) is 0 Å². The quantitative estimate of drug-likeness (QED) is 0.668. The van der Waals surface area contributed by atoms with E-state index in [0.717, 1.165) is 32.0 Å². The Morgan fingerprint density at radius 2 is 1.67 bits per heavy atom. The Kier molecular flexibility index (Phi) is 5.25. The van der Waals surface area contributed by atoms with Crippen LogP contribution in [-0.2, 0) is 6.61 Å². The summed E-state index contributed by atoms with van der Waals surface area (Å²) in [5.41, 5.74) is 4.96. The third kappa shape index (κ3) is 4.06. The van der Waals surface area contributed by atoms with Crippen molar-refractivity contribution in [3.8, 4) is 5.88 Å². The topological polar surface area (TPSA) is 41.5 Å². The predicted octanol–water partition coefficient (Wildman–Crippen LogP) is 4.06. The first-order chi connectivity index (χ1) is 13.2. The minimum absolute atomic E-state index is 0.524. The van der Waals surface area contributed by atoms with Gasteiger partial charge in [0, 0.05) is 31.9 Å². The Bertz CT molecular complexity index is 888. The highest BCUT2D eigenvalue weighted by Crippen LogP contribution is 2.28. The monoisotopic (exact) mass is 380 g/mol. The molecule has 2 heterocycles. The van der Waals surface area contributed by atoms with Crippen molar-refractivity contribution in [2.45, 2.75) is 20.5 Å². The van der Waals surface area contributed by atoms with Crippen LogP contribution in [0.3, 0.4) is 0 Å². The van der Waals surface area contributed by atoms with Gasteiger partial charge in [0.15, 0.2) is 0 Å². The Balaban J connectivity index is 1.40. The predicted molar refractivity (Wildman–Crippen MR) is 111 cm³/mol. The lowest BCUT2D eigenvalue weighted by Crippen LogP contribution is -2.46. The zero-order valence-corrected chi connectivity index (χ0v) is 16.6. The smallest absolute Gasteiger partial charge is 0.271 e. The minimum atomic E-state index is 0.524.